The lowest BCUT2D eigenvalue weighted by atomic mass is 10.1. The molecule has 0 radical (unpaired) electrons. The zero-order chi connectivity index (χ0) is 20.3. The molecule has 2 saturated heterocycles. The first-order valence-corrected chi connectivity index (χ1v) is 12.9. The van der Waals surface area contributed by atoms with Gasteiger partial charge >= 0.3 is 0 Å². The molecule has 0 spiro atoms. The Labute approximate surface area is 180 Å². The van der Waals surface area contributed by atoms with Gasteiger partial charge in [0.1, 0.15) is 0 Å². The number of ether oxygens (including phenoxy) is 1. The number of thioether (sulfide) groups is 1. The predicted molar refractivity (Wildman–Crippen MR) is 112 cm³/mol. The Morgan fingerprint density at radius 2 is 2.14 bits per heavy atom. The molecule has 3 heterocycles. The summed E-state index contributed by atoms with van der Waals surface area (Å²) in [6.07, 6.45) is 1.27. The lowest BCUT2D eigenvalue weighted by Crippen LogP contribution is -2.43. The van der Waals surface area contributed by atoms with Crippen molar-refractivity contribution in [2.75, 3.05) is 37.0 Å². The monoisotopic (exact) mass is 457 g/mol. The first-order valence-electron chi connectivity index (χ1n) is 9.70. The normalized spacial score (nSPS) is 24.7. The third kappa shape index (κ3) is 5.95. The van der Waals surface area contributed by atoms with Crippen molar-refractivity contribution in [3.8, 4) is 0 Å². The molecular formula is C19H24ClN3O4S2. The number of sulfone groups is 1. The van der Waals surface area contributed by atoms with Crippen molar-refractivity contribution in [2.24, 2.45) is 5.92 Å². The minimum Gasteiger partial charge on any atom is -0.416 e. The Morgan fingerprint density at radius 1 is 1.28 bits per heavy atom. The smallest absolute Gasteiger partial charge is 0.276 e. The molecule has 4 rings (SSSR count). The van der Waals surface area contributed by atoms with Crippen LogP contribution in [-0.2, 0) is 27.5 Å². The van der Waals surface area contributed by atoms with Gasteiger partial charge in [-0.2, -0.15) is 0 Å². The van der Waals surface area contributed by atoms with Crippen molar-refractivity contribution in [3.63, 3.8) is 0 Å². The van der Waals surface area contributed by atoms with Crippen LogP contribution in [0.4, 0.5) is 0 Å². The number of halogens is 1. The Bertz CT molecular complexity index is 937. The third-order valence-corrected chi connectivity index (χ3v) is 8.36. The van der Waals surface area contributed by atoms with Crippen molar-refractivity contribution in [1.29, 1.82) is 0 Å². The van der Waals surface area contributed by atoms with Crippen LogP contribution in [0.1, 0.15) is 17.9 Å². The molecule has 0 unspecified atom stereocenters. The summed E-state index contributed by atoms with van der Waals surface area (Å²) in [6, 6.07) is 7.91. The quantitative estimate of drug-likeness (QED) is 0.586. The molecule has 158 valence electrons. The van der Waals surface area contributed by atoms with Gasteiger partial charge in [-0.15, -0.1) is 10.2 Å². The Hall–Kier alpha value is -1.13. The van der Waals surface area contributed by atoms with Gasteiger partial charge in [-0.3, -0.25) is 4.90 Å². The SMILES string of the molecule is O=S1(=O)CC[C@H](Cc2nnc(SC[C@H]3CN(Cc4ccccc4Cl)CCO3)o2)C1. The minimum atomic E-state index is -2.89. The number of benzene rings is 1. The molecule has 1 aromatic heterocycles. The minimum absolute atomic E-state index is 0.0755. The lowest BCUT2D eigenvalue weighted by molar-refractivity contribution is -0.0187. The average Bonchev–Trinajstić information content (AvgIpc) is 3.28. The van der Waals surface area contributed by atoms with E-state index in [0.29, 0.717) is 30.6 Å². The van der Waals surface area contributed by atoms with E-state index in [0.717, 1.165) is 36.0 Å². The second-order valence-electron chi connectivity index (χ2n) is 7.57. The van der Waals surface area contributed by atoms with Gasteiger partial charge in [0, 0.05) is 36.8 Å². The van der Waals surface area contributed by atoms with E-state index in [4.69, 9.17) is 20.8 Å². The third-order valence-electron chi connectivity index (χ3n) is 5.21. The Balaban J connectivity index is 1.25. The first kappa shape index (κ1) is 21.1. The molecule has 10 heteroatoms. The summed E-state index contributed by atoms with van der Waals surface area (Å²) in [5.74, 6) is 1.79. The van der Waals surface area contributed by atoms with Gasteiger partial charge in [0.15, 0.2) is 9.84 Å². The summed E-state index contributed by atoms with van der Waals surface area (Å²) in [7, 11) is -2.89. The fourth-order valence-electron chi connectivity index (χ4n) is 3.72. The van der Waals surface area contributed by atoms with Crippen molar-refractivity contribution < 1.29 is 17.6 Å². The van der Waals surface area contributed by atoms with Crippen molar-refractivity contribution in [3.05, 3.63) is 40.7 Å². The van der Waals surface area contributed by atoms with Gasteiger partial charge in [-0.05, 0) is 24.0 Å². The molecule has 2 atom stereocenters. The second kappa shape index (κ2) is 9.34. The highest BCUT2D eigenvalue weighted by molar-refractivity contribution is 7.99. The van der Waals surface area contributed by atoms with E-state index in [-0.39, 0.29) is 23.5 Å². The molecule has 2 fully saturated rings. The van der Waals surface area contributed by atoms with Crippen LogP contribution in [0.5, 0.6) is 0 Å². The highest BCUT2D eigenvalue weighted by atomic mass is 35.5. The number of nitrogens with zero attached hydrogens (tertiary/aromatic N) is 3. The molecule has 2 aliphatic rings. The molecule has 0 aliphatic carbocycles. The highest BCUT2D eigenvalue weighted by Crippen LogP contribution is 2.25. The fraction of sp³-hybridized carbons (Fsp3) is 0.579. The van der Waals surface area contributed by atoms with Crippen molar-refractivity contribution in [2.45, 2.75) is 30.7 Å². The molecule has 2 aliphatic heterocycles. The maximum atomic E-state index is 11.6. The standard InChI is InChI=1S/C19H24ClN3O4S2/c20-17-4-2-1-3-15(17)10-23-6-7-26-16(11-23)12-28-19-22-21-18(27-19)9-14-5-8-29(24,25)13-14/h1-4,14,16H,5-13H2/t14-,16-/m1/s1. The number of hydrogen-bond acceptors (Lipinski definition) is 8. The summed E-state index contributed by atoms with van der Waals surface area (Å²) in [5.41, 5.74) is 1.12. The topological polar surface area (TPSA) is 85.5 Å². The van der Waals surface area contributed by atoms with E-state index < -0.39 is 9.84 Å². The van der Waals surface area contributed by atoms with Gasteiger partial charge in [-0.1, -0.05) is 41.6 Å². The first-order chi connectivity index (χ1) is 14.0. The Morgan fingerprint density at radius 3 is 2.93 bits per heavy atom. The van der Waals surface area contributed by atoms with Crippen LogP contribution in [0.2, 0.25) is 5.02 Å². The van der Waals surface area contributed by atoms with Crippen molar-refractivity contribution >= 4 is 33.2 Å². The summed E-state index contributed by atoms with van der Waals surface area (Å²) in [4.78, 5) is 2.34. The summed E-state index contributed by atoms with van der Waals surface area (Å²) < 4.78 is 34.7. The van der Waals surface area contributed by atoms with Crippen LogP contribution >= 0.6 is 23.4 Å². The van der Waals surface area contributed by atoms with Crippen LogP contribution in [0.25, 0.3) is 0 Å². The summed E-state index contributed by atoms with van der Waals surface area (Å²) >= 11 is 7.76. The lowest BCUT2D eigenvalue weighted by Gasteiger charge is -2.32. The summed E-state index contributed by atoms with van der Waals surface area (Å²) in [6.45, 7) is 3.18. The van der Waals surface area contributed by atoms with E-state index in [1.807, 2.05) is 18.2 Å². The molecular weight excluding hydrogens is 434 g/mol. The molecule has 29 heavy (non-hydrogen) atoms. The van der Waals surface area contributed by atoms with Crippen LogP contribution in [0.15, 0.2) is 33.9 Å². The zero-order valence-corrected chi connectivity index (χ0v) is 18.4. The molecule has 0 N–H and O–H groups in total. The van der Waals surface area contributed by atoms with Gasteiger partial charge in [-0.25, -0.2) is 8.42 Å². The number of morpholine rings is 1. The van der Waals surface area contributed by atoms with Gasteiger partial charge < -0.3 is 9.15 Å². The fourth-order valence-corrected chi connectivity index (χ4v) is 6.56. The highest BCUT2D eigenvalue weighted by Gasteiger charge is 2.29. The molecule has 0 amide bonds. The van der Waals surface area contributed by atoms with E-state index in [2.05, 4.69) is 21.2 Å². The summed E-state index contributed by atoms with van der Waals surface area (Å²) in [5, 5.41) is 9.46. The maximum Gasteiger partial charge on any atom is 0.276 e. The molecule has 2 aromatic rings. The van der Waals surface area contributed by atoms with Crippen molar-refractivity contribution in [1.82, 2.24) is 15.1 Å². The van der Waals surface area contributed by atoms with E-state index in [9.17, 15) is 8.42 Å². The van der Waals surface area contributed by atoms with Crippen LogP contribution in [0.3, 0.4) is 0 Å². The average molecular weight is 458 g/mol. The zero-order valence-electron chi connectivity index (χ0n) is 16.0. The van der Waals surface area contributed by atoms with Crippen LogP contribution < -0.4 is 0 Å². The molecule has 0 saturated carbocycles. The predicted octanol–water partition coefficient (Wildman–Crippen LogP) is 2.69. The van der Waals surface area contributed by atoms with E-state index >= 15 is 0 Å². The number of aromatic nitrogens is 2. The molecule has 0 bridgehead atoms. The molecule has 1 aromatic carbocycles. The Kier molecular flexibility index (Phi) is 6.80. The van der Waals surface area contributed by atoms with E-state index in [1.165, 1.54) is 11.8 Å². The van der Waals surface area contributed by atoms with Gasteiger partial charge in [0.05, 0.1) is 24.2 Å². The molecule has 7 nitrogen and oxygen atoms in total. The number of hydrogen-bond donors (Lipinski definition) is 0. The van der Waals surface area contributed by atoms with Crippen LogP contribution in [0, 0.1) is 5.92 Å². The van der Waals surface area contributed by atoms with Gasteiger partial charge in [0.25, 0.3) is 5.22 Å². The largest absolute Gasteiger partial charge is 0.416 e. The maximum absolute atomic E-state index is 11.6. The van der Waals surface area contributed by atoms with E-state index in [1.54, 1.807) is 0 Å². The second-order valence-corrected chi connectivity index (χ2v) is 11.2. The number of rotatable bonds is 7. The van der Waals surface area contributed by atoms with Crippen LogP contribution in [-0.4, -0.2) is 66.6 Å². The van der Waals surface area contributed by atoms with Gasteiger partial charge in [0.2, 0.25) is 5.89 Å².